The van der Waals surface area contributed by atoms with E-state index in [0.717, 1.165) is 10.0 Å². The number of ether oxygens (including phenoxy) is 1. The molecule has 156 valence electrons. The molecule has 2 aromatic carbocycles. The predicted molar refractivity (Wildman–Crippen MR) is 120 cm³/mol. The molecule has 0 saturated carbocycles. The highest BCUT2D eigenvalue weighted by Crippen LogP contribution is 2.30. The van der Waals surface area contributed by atoms with Crippen LogP contribution in [0.1, 0.15) is 49.5 Å². The van der Waals surface area contributed by atoms with Gasteiger partial charge in [-0.05, 0) is 47.7 Å². The summed E-state index contributed by atoms with van der Waals surface area (Å²) < 4.78 is 6.37. The second-order valence-corrected chi connectivity index (χ2v) is 9.17. The van der Waals surface area contributed by atoms with Crippen molar-refractivity contribution in [1.82, 2.24) is 10.9 Å². The van der Waals surface area contributed by atoms with Gasteiger partial charge in [-0.15, -0.1) is 0 Å². The fourth-order valence-corrected chi connectivity index (χ4v) is 3.97. The number of hydrazine groups is 1. The monoisotopic (exact) mass is 500 g/mol. The van der Waals surface area contributed by atoms with Crippen molar-refractivity contribution in [3.05, 3.63) is 62.0 Å². The Morgan fingerprint density at radius 2 is 1.79 bits per heavy atom. The van der Waals surface area contributed by atoms with Crippen molar-refractivity contribution in [2.45, 2.75) is 39.0 Å². The molecule has 0 unspecified atom stereocenters. The van der Waals surface area contributed by atoms with Gasteiger partial charge in [0.25, 0.3) is 5.91 Å². The van der Waals surface area contributed by atoms with Gasteiger partial charge in [0.05, 0.1) is 11.6 Å². The van der Waals surface area contributed by atoms with Gasteiger partial charge >= 0.3 is 0 Å². The molecule has 0 fully saturated rings. The third-order valence-electron chi connectivity index (χ3n) is 4.05. The van der Waals surface area contributed by atoms with E-state index in [4.69, 9.17) is 27.9 Å². The number of nitrogens with one attached hydrogen (secondary N) is 2. The average molecular weight is 502 g/mol. The van der Waals surface area contributed by atoms with Gasteiger partial charge in [0.1, 0.15) is 5.75 Å². The highest BCUT2D eigenvalue weighted by molar-refractivity contribution is 9.10. The average Bonchev–Trinajstić information content (AvgIpc) is 2.63. The Morgan fingerprint density at radius 1 is 1.07 bits per heavy atom. The van der Waals surface area contributed by atoms with Crippen LogP contribution in [-0.4, -0.2) is 18.4 Å². The van der Waals surface area contributed by atoms with Gasteiger partial charge < -0.3 is 4.74 Å². The summed E-state index contributed by atoms with van der Waals surface area (Å²) in [5.74, 6) is -0.188. The smallest absolute Gasteiger partial charge is 0.269 e. The Labute approximate surface area is 189 Å². The van der Waals surface area contributed by atoms with Gasteiger partial charge in [0, 0.05) is 21.5 Å². The zero-order valence-corrected chi connectivity index (χ0v) is 19.5. The summed E-state index contributed by atoms with van der Waals surface area (Å²) in [5, 5.41) is 0.940. The number of hydrogen-bond acceptors (Lipinski definition) is 3. The maximum absolute atomic E-state index is 12.2. The highest BCUT2D eigenvalue weighted by Gasteiger charge is 2.18. The van der Waals surface area contributed by atoms with E-state index in [0.29, 0.717) is 34.4 Å². The maximum atomic E-state index is 12.2. The van der Waals surface area contributed by atoms with Crippen LogP contribution < -0.4 is 15.6 Å². The zero-order valence-electron chi connectivity index (χ0n) is 16.4. The van der Waals surface area contributed by atoms with Crippen molar-refractivity contribution in [2.75, 3.05) is 6.61 Å². The minimum Gasteiger partial charge on any atom is -0.492 e. The van der Waals surface area contributed by atoms with Crippen molar-refractivity contribution in [3.63, 3.8) is 0 Å². The summed E-state index contributed by atoms with van der Waals surface area (Å²) in [7, 11) is 0. The van der Waals surface area contributed by atoms with Crippen LogP contribution in [0.4, 0.5) is 0 Å². The van der Waals surface area contributed by atoms with Crippen LogP contribution >= 0.6 is 39.1 Å². The van der Waals surface area contributed by atoms with E-state index in [1.54, 1.807) is 30.3 Å². The van der Waals surface area contributed by atoms with Crippen LogP contribution in [0.25, 0.3) is 0 Å². The Kier molecular flexibility index (Phi) is 8.37. The molecule has 0 aliphatic heterocycles. The third-order valence-corrected chi connectivity index (χ3v) is 5.24. The number of carbonyl (C=O) groups excluding carboxylic acids is 2. The lowest BCUT2D eigenvalue weighted by Gasteiger charge is -2.21. The van der Waals surface area contributed by atoms with E-state index < -0.39 is 0 Å². The summed E-state index contributed by atoms with van der Waals surface area (Å²) >= 11 is 15.4. The number of carbonyl (C=O) groups is 2. The van der Waals surface area contributed by atoms with Crippen LogP contribution in [0, 0.1) is 0 Å². The largest absolute Gasteiger partial charge is 0.492 e. The zero-order chi connectivity index (χ0) is 21.6. The molecule has 0 saturated heterocycles. The van der Waals surface area contributed by atoms with E-state index in [9.17, 15) is 9.59 Å². The van der Waals surface area contributed by atoms with Gasteiger partial charge in [-0.1, -0.05) is 66.0 Å². The molecule has 0 bridgehead atoms. The molecule has 2 aromatic rings. The van der Waals surface area contributed by atoms with E-state index in [1.165, 1.54) is 0 Å². The van der Waals surface area contributed by atoms with Crippen LogP contribution in [-0.2, 0) is 10.2 Å². The SMILES string of the molecule is CC(C)(C)c1ccc(C(=O)NNC(=O)CCCOc2ccc(Cl)cc2Cl)cc1Br. The summed E-state index contributed by atoms with van der Waals surface area (Å²) in [6, 6.07) is 10.3. The number of rotatable bonds is 6. The Balaban J connectivity index is 1.76. The van der Waals surface area contributed by atoms with Crippen molar-refractivity contribution in [2.24, 2.45) is 0 Å². The molecule has 0 atom stereocenters. The highest BCUT2D eigenvalue weighted by atomic mass is 79.9. The van der Waals surface area contributed by atoms with Gasteiger partial charge in [-0.25, -0.2) is 0 Å². The molecule has 0 spiro atoms. The number of benzene rings is 2. The summed E-state index contributed by atoms with van der Waals surface area (Å²) in [4.78, 5) is 24.2. The first kappa shape index (κ1) is 23.5. The number of hydrogen-bond donors (Lipinski definition) is 2. The van der Waals surface area contributed by atoms with Crippen molar-refractivity contribution in [1.29, 1.82) is 0 Å². The molecule has 5 nitrogen and oxygen atoms in total. The van der Waals surface area contributed by atoms with Crippen LogP contribution in [0.3, 0.4) is 0 Å². The first-order valence-electron chi connectivity index (χ1n) is 9.05. The van der Waals surface area contributed by atoms with Crippen molar-refractivity contribution >= 4 is 50.9 Å². The first-order valence-corrected chi connectivity index (χ1v) is 10.6. The molecule has 0 aromatic heterocycles. The van der Waals surface area contributed by atoms with Crippen molar-refractivity contribution in [3.8, 4) is 5.75 Å². The molecular weight excluding hydrogens is 479 g/mol. The Hall–Kier alpha value is -1.76. The fourth-order valence-electron chi connectivity index (χ4n) is 2.53. The minimum absolute atomic E-state index is 0.0413. The summed E-state index contributed by atoms with van der Waals surface area (Å²) in [5.41, 5.74) is 6.34. The van der Waals surface area contributed by atoms with Gasteiger partial charge in [0.15, 0.2) is 0 Å². The normalized spacial score (nSPS) is 11.1. The molecule has 0 heterocycles. The van der Waals surface area contributed by atoms with E-state index in [-0.39, 0.29) is 23.7 Å². The Bertz CT molecular complexity index is 898. The molecule has 29 heavy (non-hydrogen) atoms. The van der Waals surface area contributed by atoms with Gasteiger partial charge in [-0.2, -0.15) is 0 Å². The van der Waals surface area contributed by atoms with Crippen LogP contribution in [0.5, 0.6) is 5.75 Å². The summed E-state index contributed by atoms with van der Waals surface area (Å²) in [6.07, 6.45) is 0.657. The second kappa shape index (κ2) is 10.3. The van der Waals surface area contributed by atoms with Crippen LogP contribution in [0.2, 0.25) is 10.0 Å². The number of halogens is 3. The molecule has 2 amide bonds. The van der Waals surface area contributed by atoms with Gasteiger partial charge in [0.2, 0.25) is 5.91 Å². The molecule has 2 N–H and O–H groups in total. The topological polar surface area (TPSA) is 67.4 Å². The molecule has 8 heteroatoms. The van der Waals surface area contributed by atoms with E-state index in [1.807, 2.05) is 6.07 Å². The predicted octanol–water partition coefficient (Wildman–Crippen LogP) is 5.67. The lowest BCUT2D eigenvalue weighted by Crippen LogP contribution is -2.41. The first-order chi connectivity index (χ1) is 13.6. The molecule has 0 aliphatic carbocycles. The minimum atomic E-state index is -0.385. The molecule has 0 aliphatic rings. The third kappa shape index (κ3) is 7.21. The molecular formula is C21H23BrCl2N2O3. The van der Waals surface area contributed by atoms with Crippen LogP contribution in [0.15, 0.2) is 40.9 Å². The van der Waals surface area contributed by atoms with E-state index in [2.05, 4.69) is 47.6 Å². The summed E-state index contributed by atoms with van der Waals surface area (Å²) in [6.45, 7) is 6.59. The lowest BCUT2D eigenvalue weighted by molar-refractivity contribution is -0.122. The standard InChI is InChI=1S/C21H23BrCl2N2O3/c1-21(2,3)15-8-6-13(11-16(15)22)20(28)26-25-19(27)5-4-10-29-18-9-7-14(23)12-17(18)24/h6-9,11-12H,4-5,10H2,1-3H3,(H,25,27)(H,26,28). The molecule has 2 rings (SSSR count). The second-order valence-electron chi connectivity index (χ2n) is 7.47. The van der Waals surface area contributed by atoms with Crippen molar-refractivity contribution < 1.29 is 14.3 Å². The quantitative estimate of drug-likeness (QED) is 0.395. The lowest BCUT2D eigenvalue weighted by atomic mass is 9.86. The maximum Gasteiger partial charge on any atom is 0.269 e. The van der Waals surface area contributed by atoms with Gasteiger partial charge in [-0.3, -0.25) is 20.4 Å². The number of amides is 2. The Morgan fingerprint density at radius 3 is 2.41 bits per heavy atom. The molecule has 0 radical (unpaired) electrons. The fraction of sp³-hybridized carbons (Fsp3) is 0.333. The van der Waals surface area contributed by atoms with E-state index >= 15 is 0 Å².